The van der Waals surface area contributed by atoms with E-state index in [1.54, 1.807) is 0 Å². The molecule has 1 N–H and O–H groups in total. The highest BCUT2D eigenvalue weighted by Crippen LogP contribution is 2.14. The van der Waals surface area contributed by atoms with Crippen molar-refractivity contribution < 1.29 is 0 Å². The first kappa shape index (κ1) is 14.5. The SMILES string of the molecule is CCn1cc(CC(NC)C2CN(C)CCN2C)cn1. The van der Waals surface area contributed by atoms with Gasteiger partial charge < -0.3 is 10.2 Å². The molecule has 2 heterocycles. The van der Waals surface area contributed by atoms with Crippen LogP contribution in [0.1, 0.15) is 12.5 Å². The van der Waals surface area contributed by atoms with Gasteiger partial charge in [0.1, 0.15) is 0 Å². The molecular weight excluding hydrogens is 238 g/mol. The van der Waals surface area contributed by atoms with Crippen molar-refractivity contribution in [3.05, 3.63) is 18.0 Å². The van der Waals surface area contributed by atoms with Crippen molar-refractivity contribution in [1.29, 1.82) is 0 Å². The summed E-state index contributed by atoms with van der Waals surface area (Å²) in [4.78, 5) is 4.90. The maximum atomic E-state index is 4.37. The van der Waals surface area contributed by atoms with Crippen LogP contribution < -0.4 is 5.32 Å². The fourth-order valence-electron chi connectivity index (χ4n) is 2.85. The molecule has 0 saturated carbocycles. The standard InChI is InChI=1S/C14H27N5/c1-5-19-10-12(9-16-19)8-13(15-2)14-11-17(3)6-7-18(14)4/h9-10,13-15H,5-8,11H2,1-4H3. The summed E-state index contributed by atoms with van der Waals surface area (Å²) in [6, 6.07) is 1.04. The predicted molar refractivity (Wildman–Crippen MR) is 78.4 cm³/mol. The maximum absolute atomic E-state index is 4.37. The molecule has 1 aliphatic rings. The molecule has 108 valence electrons. The molecular formula is C14H27N5. The summed E-state index contributed by atoms with van der Waals surface area (Å²) in [6.45, 7) is 6.50. The maximum Gasteiger partial charge on any atom is 0.0522 e. The van der Waals surface area contributed by atoms with Crippen LogP contribution >= 0.6 is 0 Å². The van der Waals surface area contributed by atoms with Gasteiger partial charge >= 0.3 is 0 Å². The third kappa shape index (κ3) is 3.55. The van der Waals surface area contributed by atoms with Gasteiger partial charge in [0.05, 0.1) is 6.20 Å². The van der Waals surface area contributed by atoms with E-state index in [9.17, 15) is 0 Å². The minimum atomic E-state index is 0.474. The number of nitrogens with one attached hydrogen (secondary N) is 1. The minimum absolute atomic E-state index is 0.474. The van der Waals surface area contributed by atoms with Gasteiger partial charge in [-0.25, -0.2) is 0 Å². The van der Waals surface area contributed by atoms with Crippen LogP contribution in [-0.4, -0.2) is 72.4 Å². The van der Waals surface area contributed by atoms with Gasteiger partial charge in [0, 0.05) is 44.5 Å². The lowest BCUT2D eigenvalue weighted by Gasteiger charge is -2.41. The zero-order valence-corrected chi connectivity index (χ0v) is 12.6. The molecule has 5 heteroatoms. The van der Waals surface area contributed by atoms with Gasteiger partial charge in [0.25, 0.3) is 0 Å². The molecule has 2 unspecified atom stereocenters. The van der Waals surface area contributed by atoms with E-state index in [4.69, 9.17) is 0 Å². The predicted octanol–water partition coefficient (Wildman–Crippen LogP) is 0.279. The number of piperazine rings is 1. The lowest BCUT2D eigenvalue weighted by atomic mass is 9.98. The van der Waals surface area contributed by atoms with Gasteiger partial charge in [0.15, 0.2) is 0 Å². The van der Waals surface area contributed by atoms with Crippen LogP contribution in [0.2, 0.25) is 0 Å². The van der Waals surface area contributed by atoms with Crippen molar-refractivity contribution in [2.45, 2.75) is 32.0 Å². The number of nitrogens with zero attached hydrogens (tertiary/aromatic N) is 4. The third-order valence-corrected chi connectivity index (χ3v) is 4.20. The highest BCUT2D eigenvalue weighted by Gasteiger charge is 2.29. The first-order valence-electron chi connectivity index (χ1n) is 7.21. The molecule has 0 aliphatic carbocycles. The Bertz CT molecular complexity index is 389. The van der Waals surface area contributed by atoms with Crippen molar-refractivity contribution in [2.75, 3.05) is 40.8 Å². The third-order valence-electron chi connectivity index (χ3n) is 4.20. The van der Waals surface area contributed by atoms with E-state index in [2.05, 4.69) is 54.5 Å². The molecule has 5 nitrogen and oxygen atoms in total. The molecule has 0 radical (unpaired) electrons. The van der Waals surface area contributed by atoms with E-state index in [1.807, 2.05) is 10.9 Å². The summed E-state index contributed by atoms with van der Waals surface area (Å²) in [6.07, 6.45) is 5.20. The van der Waals surface area contributed by atoms with Gasteiger partial charge in [-0.3, -0.25) is 9.58 Å². The van der Waals surface area contributed by atoms with Gasteiger partial charge in [-0.1, -0.05) is 0 Å². The summed E-state index contributed by atoms with van der Waals surface area (Å²) in [5, 5.41) is 7.86. The highest BCUT2D eigenvalue weighted by atomic mass is 15.3. The first-order chi connectivity index (χ1) is 9.13. The Balaban J connectivity index is 2.02. The molecule has 1 fully saturated rings. The van der Waals surface area contributed by atoms with Crippen LogP contribution in [0.3, 0.4) is 0 Å². The van der Waals surface area contributed by atoms with Crippen LogP contribution in [0.25, 0.3) is 0 Å². The zero-order chi connectivity index (χ0) is 13.8. The average molecular weight is 265 g/mol. The molecule has 0 spiro atoms. The Morgan fingerprint density at radius 1 is 1.42 bits per heavy atom. The molecule has 0 bridgehead atoms. The molecule has 1 saturated heterocycles. The number of aromatic nitrogens is 2. The molecule has 0 amide bonds. The van der Waals surface area contributed by atoms with E-state index in [1.165, 1.54) is 5.56 Å². The second-order valence-corrected chi connectivity index (χ2v) is 5.61. The lowest BCUT2D eigenvalue weighted by Crippen LogP contribution is -2.58. The van der Waals surface area contributed by atoms with Gasteiger partial charge in [-0.15, -0.1) is 0 Å². The quantitative estimate of drug-likeness (QED) is 0.830. The van der Waals surface area contributed by atoms with E-state index in [0.717, 1.165) is 32.6 Å². The summed E-state index contributed by atoms with van der Waals surface area (Å²) in [5.41, 5.74) is 1.32. The van der Waals surface area contributed by atoms with Crippen molar-refractivity contribution in [1.82, 2.24) is 24.9 Å². The van der Waals surface area contributed by atoms with Crippen LogP contribution in [-0.2, 0) is 13.0 Å². The van der Waals surface area contributed by atoms with Crippen LogP contribution in [0.15, 0.2) is 12.4 Å². The fraction of sp³-hybridized carbons (Fsp3) is 0.786. The molecule has 2 rings (SSSR count). The van der Waals surface area contributed by atoms with Crippen molar-refractivity contribution in [3.63, 3.8) is 0 Å². The number of aryl methyl sites for hydroxylation is 1. The molecule has 0 aromatic carbocycles. The highest BCUT2D eigenvalue weighted by molar-refractivity contribution is 5.08. The summed E-state index contributed by atoms with van der Waals surface area (Å²) in [7, 11) is 6.51. The Hall–Kier alpha value is -0.910. The lowest BCUT2D eigenvalue weighted by molar-refractivity contribution is 0.0897. The second-order valence-electron chi connectivity index (χ2n) is 5.61. The van der Waals surface area contributed by atoms with Gasteiger partial charge in [0.2, 0.25) is 0 Å². The second kappa shape index (κ2) is 6.50. The van der Waals surface area contributed by atoms with E-state index < -0.39 is 0 Å². The molecule has 1 aliphatic heterocycles. The Morgan fingerprint density at radius 3 is 2.84 bits per heavy atom. The summed E-state index contributed by atoms with van der Waals surface area (Å²) >= 11 is 0. The molecule has 19 heavy (non-hydrogen) atoms. The molecule has 2 atom stereocenters. The zero-order valence-electron chi connectivity index (χ0n) is 12.6. The van der Waals surface area contributed by atoms with Crippen molar-refractivity contribution >= 4 is 0 Å². The van der Waals surface area contributed by atoms with Crippen LogP contribution in [0, 0.1) is 0 Å². The average Bonchev–Trinajstić information content (AvgIpc) is 2.87. The number of rotatable bonds is 5. The number of likely N-dealkylation sites (N-methyl/N-ethyl adjacent to an activating group) is 3. The van der Waals surface area contributed by atoms with E-state index >= 15 is 0 Å². The molecule has 1 aromatic rings. The number of hydrogen-bond donors (Lipinski definition) is 1. The Labute approximate surface area is 116 Å². The van der Waals surface area contributed by atoms with E-state index in [0.29, 0.717) is 12.1 Å². The van der Waals surface area contributed by atoms with E-state index in [-0.39, 0.29) is 0 Å². The monoisotopic (exact) mass is 265 g/mol. The van der Waals surface area contributed by atoms with Crippen molar-refractivity contribution in [2.24, 2.45) is 0 Å². The normalized spacial score (nSPS) is 23.7. The Kier molecular flexibility index (Phi) is 4.96. The summed E-state index contributed by atoms with van der Waals surface area (Å²) < 4.78 is 2.00. The number of hydrogen-bond acceptors (Lipinski definition) is 4. The fourth-order valence-corrected chi connectivity index (χ4v) is 2.85. The van der Waals surface area contributed by atoms with Gasteiger partial charge in [-0.2, -0.15) is 5.10 Å². The van der Waals surface area contributed by atoms with Crippen molar-refractivity contribution in [3.8, 4) is 0 Å². The first-order valence-corrected chi connectivity index (χ1v) is 7.21. The Morgan fingerprint density at radius 2 is 2.21 bits per heavy atom. The summed E-state index contributed by atoms with van der Waals surface area (Å²) in [5.74, 6) is 0. The topological polar surface area (TPSA) is 36.3 Å². The minimum Gasteiger partial charge on any atom is -0.315 e. The molecule has 1 aromatic heterocycles. The van der Waals surface area contributed by atoms with Gasteiger partial charge in [-0.05, 0) is 40.1 Å². The smallest absolute Gasteiger partial charge is 0.0522 e. The largest absolute Gasteiger partial charge is 0.315 e. The van der Waals surface area contributed by atoms with Crippen LogP contribution in [0.5, 0.6) is 0 Å². The van der Waals surface area contributed by atoms with Crippen LogP contribution in [0.4, 0.5) is 0 Å².